The van der Waals surface area contributed by atoms with Crippen LogP contribution in [0.5, 0.6) is 0 Å². The van der Waals surface area contributed by atoms with Crippen LogP contribution in [-0.2, 0) is 16.1 Å². The summed E-state index contributed by atoms with van der Waals surface area (Å²) in [6.45, 7) is 0.134. The smallest absolute Gasteiger partial charge is 0.246 e. The molecule has 19 heavy (non-hydrogen) atoms. The maximum Gasteiger partial charge on any atom is 0.246 e. The number of nitriles is 1. The Kier molecular flexibility index (Phi) is 3.58. The summed E-state index contributed by atoms with van der Waals surface area (Å²) >= 11 is 0. The van der Waals surface area contributed by atoms with Gasteiger partial charge in [-0.1, -0.05) is 6.07 Å². The Hall–Kier alpha value is -2.26. The predicted molar refractivity (Wildman–Crippen MR) is 64.1 cm³/mol. The van der Waals surface area contributed by atoms with Gasteiger partial charge in [-0.15, -0.1) is 0 Å². The Morgan fingerprint density at radius 2 is 2.26 bits per heavy atom. The third-order valence-electron chi connectivity index (χ3n) is 3.10. The van der Waals surface area contributed by atoms with Crippen molar-refractivity contribution < 1.29 is 14.0 Å². The van der Waals surface area contributed by atoms with Crippen molar-refractivity contribution in [3.63, 3.8) is 0 Å². The minimum Gasteiger partial charge on any atom is -0.301 e. The zero-order chi connectivity index (χ0) is 14.0. The molecular weight excluding hydrogens is 249 g/mol. The lowest BCUT2D eigenvalue weighted by molar-refractivity contribution is -0.137. The molecule has 1 heterocycles. The van der Waals surface area contributed by atoms with Crippen LogP contribution in [0.25, 0.3) is 0 Å². The lowest BCUT2D eigenvalue weighted by atomic mass is 10.1. The molecule has 0 aliphatic carbocycles. The van der Waals surface area contributed by atoms with Crippen LogP contribution in [0.1, 0.15) is 17.5 Å². The number of imide groups is 1. The van der Waals surface area contributed by atoms with E-state index in [9.17, 15) is 14.0 Å². The number of amides is 2. The summed E-state index contributed by atoms with van der Waals surface area (Å²) in [5, 5.41) is 11.5. The zero-order valence-electron chi connectivity index (χ0n) is 10.3. The first-order valence-corrected chi connectivity index (χ1v) is 5.75. The first-order valence-electron chi connectivity index (χ1n) is 5.75. The van der Waals surface area contributed by atoms with E-state index in [0.717, 1.165) is 11.0 Å². The molecule has 1 aromatic carbocycles. The van der Waals surface area contributed by atoms with E-state index < -0.39 is 11.9 Å². The largest absolute Gasteiger partial charge is 0.301 e. The van der Waals surface area contributed by atoms with Crippen LogP contribution in [0.3, 0.4) is 0 Å². The van der Waals surface area contributed by atoms with Crippen LogP contribution in [0.2, 0.25) is 0 Å². The predicted octanol–water partition coefficient (Wildman–Crippen LogP) is 0.544. The molecule has 6 heteroatoms. The van der Waals surface area contributed by atoms with Crippen molar-refractivity contribution in [2.45, 2.75) is 19.0 Å². The number of carbonyl (C=O) groups is 2. The van der Waals surface area contributed by atoms with Gasteiger partial charge in [0.05, 0.1) is 24.1 Å². The van der Waals surface area contributed by atoms with Crippen molar-refractivity contribution in [1.82, 2.24) is 10.2 Å². The summed E-state index contributed by atoms with van der Waals surface area (Å²) in [6.07, 6.45) is 0.0905. The first-order chi connectivity index (χ1) is 9.02. The van der Waals surface area contributed by atoms with Crippen molar-refractivity contribution in [2.75, 3.05) is 7.05 Å². The van der Waals surface area contributed by atoms with E-state index in [1.807, 2.05) is 6.07 Å². The number of likely N-dealkylation sites (N-methyl/N-ethyl adjacent to an activating group) is 1. The van der Waals surface area contributed by atoms with Gasteiger partial charge in [0, 0.05) is 19.2 Å². The van der Waals surface area contributed by atoms with Crippen molar-refractivity contribution in [2.24, 2.45) is 0 Å². The van der Waals surface area contributed by atoms with Gasteiger partial charge in [0.25, 0.3) is 0 Å². The topological polar surface area (TPSA) is 73.2 Å². The highest BCUT2D eigenvalue weighted by molar-refractivity contribution is 6.05. The Balaban J connectivity index is 2.02. The van der Waals surface area contributed by atoms with E-state index in [1.165, 1.54) is 19.2 Å². The van der Waals surface area contributed by atoms with Crippen molar-refractivity contribution in [3.05, 3.63) is 35.1 Å². The molecule has 2 rings (SSSR count). The maximum atomic E-state index is 13.6. The highest BCUT2D eigenvalue weighted by Gasteiger charge is 2.35. The highest BCUT2D eigenvalue weighted by Crippen LogP contribution is 2.13. The molecule has 1 aromatic rings. The van der Waals surface area contributed by atoms with Crippen molar-refractivity contribution in [1.29, 1.82) is 5.26 Å². The molecule has 98 valence electrons. The Bertz CT molecular complexity index is 580. The number of hydrogen-bond acceptors (Lipinski definition) is 4. The second-order valence-corrected chi connectivity index (χ2v) is 4.35. The molecule has 0 radical (unpaired) electrons. The van der Waals surface area contributed by atoms with Gasteiger partial charge in [0.2, 0.25) is 11.8 Å². The van der Waals surface area contributed by atoms with E-state index >= 15 is 0 Å². The normalized spacial score (nSPS) is 18.8. The second kappa shape index (κ2) is 5.16. The molecule has 0 saturated carbocycles. The van der Waals surface area contributed by atoms with Crippen LogP contribution in [0.4, 0.5) is 4.39 Å². The third-order valence-corrected chi connectivity index (χ3v) is 3.10. The molecular formula is C13H12FN3O2. The molecule has 5 nitrogen and oxygen atoms in total. The summed E-state index contributed by atoms with van der Waals surface area (Å²) in [5.74, 6) is -1.06. The van der Waals surface area contributed by atoms with Gasteiger partial charge in [-0.25, -0.2) is 4.39 Å². The van der Waals surface area contributed by atoms with Crippen LogP contribution < -0.4 is 5.32 Å². The minimum absolute atomic E-state index is 0.0905. The highest BCUT2D eigenvalue weighted by atomic mass is 19.1. The third kappa shape index (κ3) is 2.61. The summed E-state index contributed by atoms with van der Waals surface area (Å²) in [7, 11) is 1.43. The average molecular weight is 261 g/mol. The fourth-order valence-electron chi connectivity index (χ4n) is 1.91. The van der Waals surface area contributed by atoms with Crippen molar-refractivity contribution >= 4 is 11.8 Å². The first kappa shape index (κ1) is 13.2. The standard InChI is InChI=1S/C13H12FN3O2/c1-17-12(18)5-11(13(17)19)16-7-9-3-2-8(6-15)4-10(9)14/h2-4,11,16H,5,7H2,1H3. The number of benzene rings is 1. The molecule has 1 saturated heterocycles. The Morgan fingerprint density at radius 3 is 2.79 bits per heavy atom. The van der Waals surface area contributed by atoms with Crippen LogP contribution in [0, 0.1) is 17.1 Å². The molecule has 1 unspecified atom stereocenters. The number of likely N-dealkylation sites (tertiary alicyclic amines) is 1. The second-order valence-electron chi connectivity index (χ2n) is 4.35. The van der Waals surface area contributed by atoms with Crippen LogP contribution in [-0.4, -0.2) is 29.8 Å². The van der Waals surface area contributed by atoms with E-state index in [1.54, 1.807) is 0 Å². The molecule has 1 N–H and O–H groups in total. The van der Waals surface area contributed by atoms with Gasteiger partial charge < -0.3 is 5.32 Å². The molecule has 1 atom stereocenters. The van der Waals surface area contributed by atoms with Crippen molar-refractivity contribution in [3.8, 4) is 6.07 Å². The fourth-order valence-corrected chi connectivity index (χ4v) is 1.91. The molecule has 1 fully saturated rings. The molecule has 1 aliphatic heterocycles. The van der Waals surface area contributed by atoms with Gasteiger partial charge in [0.15, 0.2) is 0 Å². The lowest BCUT2D eigenvalue weighted by Gasteiger charge is -2.11. The van der Waals surface area contributed by atoms with Crippen LogP contribution >= 0.6 is 0 Å². The lowest BCUT2D eigenvalue weighted by Crippen LogP contribution is -2.36. The van der Waals surface area contributed by atoms with Gasteiger partial charge in [-0.2, -0.15) is 5.26 Å². The molecule has 2 amide bonds. The van der Waals surface area contributed by atoms with Crippen LogP contribution in [0.15, 0.2) is 18.2 Å². The van der Waals surface area contributed by atoms with E-state index in [4.69, 9.17) is 5.26 Å². The van der Waals surface area contributed by atoms with Gasteiger partial charge in [0.1, 0.15) is 5.82 Å². The number of hydrogen-bond donors (Lipinski definition) is 1. The van der Waals surface area contributed by atoms with Gasteiger partial charge >= 0.3 is 0 Å². The summed E-state index contributed by atoms with van der Waals surface area (Å²) in [4.78, 5) is 24.0. The maximum absolute atomic E-state index is 13.6. The number of carbonyl (C=O) groups excluding carboxylic acids is 2. The fraction of sp³-hybridized carbons (Fsp3) is 0.308. The molecule has 0 aromatic heterocycles. The number of rotatable bonds is 3. The quantitative estimate of drug-likeness (QED) is 0.806. The summed E-state index contributed by atoms with van der Waals surface area (Å²) in [5.41, 5.74) is 0.599. The number of nitrogens with zero attached hydrogens (tertiary/aromatic N) is 2. The molecule has 0 bridgehead atoms. The van der Waals surface area contributed by atoms with Gasteiger partial charge in [-0.3, -0.25) is 14.5 Å². The summed E-state index contributed by atoms with van der Waals surface area (Å²) in [6, 6.07) is 5.38. The van der Waals surface area contributed by atoms with E-state index in [0.29, 0.717) is 5.56 Å². The minimum atomic E-state index is -0.604. The SMILES string of the molecule is CN1C(=O)CC(NCc2ccc(C#N)cc2F)C1=O. The average Bonchev–Trinajstić information content (AvgIpc) is 2.65. The molecule has 1 aliphatic rings. The monoisotopic (exact) mass is 261 g/mol. The molecule has 0 spiro atoms. The zero-order valence-corrected chi connectivity index (χ0v) is 10.3. The van der Waals surface area contributed by atoms with Gasteiger partial charge in [-0.05, 0) is 12.1 Å². The Labute approximate surface area is 109 Å². The summed E-state index contributed by atoms with van der Waals surface area (Å²) < 4.78 is 13.6. The van der Waals surface area contributed by atoms with E-state index in [2.05, 4.69) is 5.32 Å². The Morgan fingerprint density at radius 1 is 1.53 bits per heavy atom. The number of nitrogens with one attached hydrogen (secondary N) is 1. The van der Waals surface area contributed by atoms with E-state index in [-0.39, 0.29) is 30.3 Å². The number of halogens is 1.